The van der Waals surface area contributed by atoms with Crippen molar-refractivity contribution in [1.29, 1.82) is 5.26 Å². The zero-order valence-corrected chi connectivity index (χ0v) is 13.3. The number of nitriles is 1. The van der Waals surface area contributed by atoms with Crippen LogP contribution < -0.4 is 10.1 Å². The van der Waals surface area contributed by atoms with Crippen LogP contribution in [0.3, 0.4) is 0 Å². The second-order valence-electron chi connectivity index (χ2n) is 4.23. The molecule has 0 saturated carbocycles. The zero-order chi connectivity index (χ0) is 15.1. The smallest absolute Gasteiger partial charge is 0.227 e. The molecular weight excluding hydrogens is 379 g/mol. The Kier molecular flexibility index (Phi) is 5.58. The van der Waals surface area contributed by atoms with Crippen molar-refractivity contribution in [2.75, 3.05) is 11.9 Å². The van der Waals surface area contributed by atoms with Gasteiger partial charge in [0.1, 0.15) is 11.8 Å². The first-order valence-electron chi connectivity index (χ1n) is 6.37. The summed E-state index contributed by atoms with van der Waals surface area (Å²) in [5.74, 6) is 0.590. The van der Waals surface area contributed by atoms with E-state index in [9.17, 15) is 4.79 Å². The van der Waals surface area contributed by atoms with E-state index in [1.54, 1.807) is 24.3 Å². The molecule has 1 N–H and O–H groups in total. The molecule has 0 aliphatic heterocycles. The van der Waals surface area contributed by atoms with Crippen LogP contribution in [0.25, 0.3) is 0 Å². The Morgan fingerprint density at radius 3 is 2.67 bits per heavy atom. The standard InChI is InChI=1S/C16H13IN2O2/c17-13-6-2-4-8-15(13)21-10-9-16(20)19-14-7-3-1-5-12(14)11-18/h1-8H,9-10H2,(H,19,20). The van der Waals surface area contributed by atoms with Gasteiger partial charge in [-0.3, -0.25) is 4.79 Å². The lowest BCUT2D eigenvalue weighted by Crippen LogP contribution is -2.16. The Balaban J connectivity index is 1.86. The number of ether oxygens (including phenoxy) is 1. The highest BCUT2D eigenvalue weighted by atomic mass is 127. The number of hydrogen-bond acceptors (Lipinski definition) is 3. The average Bonchev–Trinajstić information content (AvgIpc) is 2.50. The highest BCUT2D eigenvalue weighted by Gasteiger charge is 2.07. The number of nitrogens with one attached hydrogen (secondary N) is 1. The van der Waals surface area contributed by atoms with Gasteiger partial charge in [-0.1, -0.05) is 24.3 Å². The first-order chi connectivity index (χ1) is 10.2. The summed E-state index contributed by atoms with van der Waals surface area (Å²) in [6, 6.07) is 16.6. The summed E-state index contributed by atoms with van der Waals surface area (Å²) in [7, 11) is 0. The quantitative estimate of drug-likeness (QED) is 0.792. The highest BCUT2D eigenvalue weighted by Crippen LogP contribution is 2.20. The Morgan fingerprint density at radius 1 is 1.19 bits per heavy atom. The van der Waals surface area contributed by atoms with Crippen LogP contribution in [0, 0.1) is 14.9 Å². The first kappa shape index (κ1) is 15.3. The topological polar surface area (TPSA) is 62.1 Å². The molecule has 5 heteroatoms. The number of rotatable bonds is 5. The maximum Gasteiger partial charge on any atom is 0.227 e. The lowest BCUT2D eigenvalue weighted by molar-refractivity contribution is -0.116. The van der Waals surface area contributed by atoms with Crippen molar-refractivity contribution in [1.82, 2.24) is 0 Å². The van der Waals surface area contributed by atoms with Gasteiger partial charge in [0.15, 0.2) is 0 Å². The number of anilines is 1. The van der Waals surface area contributed by atoms with Gasteiger partial charge in [0.2, 0.25) is 5.91 Å². The van der Waals surface area contributed by atoms with Gasteiger partial charge in [-0.25, -0.2) is 0 Å². The summed E-state index contributed by atoms with van der Waals surface area (Å²) >= 11 is 2.18. The van der Waals surface area contributed by atoms with E-state index >= 15 is 0 Å². The molecule has 4 nitrogen and oxygen atoms in total. The number of halogens is 1. The number of nitrogens with zero attached hydrogens (tertiary/aromatic N) is 1. The normalized spacial score (nSPS) is 9.71. The zero-order valence-electron chi connectivity index (χ0n) is 11.2. The summed E-state index contributed by atoms with van der Waals surface area (Å²) in [6.07, 6.45) is 0.227. The molecule has 0 spiro atoms. The molecule has 21 heavy (non-hydrogen) atoms. The van der Waals surface area contributed by atoms with Gasteiger partial charge in [0.25, 0.3) is 0 Å². The lowest BCUT2D eigenvalue weighted by atomic mass is 10.2. The van der Waals surface area contributed by atoms with Crippen LogP contribution in [0.15, 0.2) is 48.5 Å². The summed E-state index contributed by atoms with van der Waals surface area (Å²) in [4.78, 5) is 11.9. The minimum atomic E-state index is -0.177. The second-order valence-corrected chi connectivity index (χ2v) is 5.40. The molecule has 2 aromatic rings. The molecule has 2 aromatic carbocycles. The van der Waals surface area contributed by atoms with E-state index in [2.05, 4.69) is 27.9 Å². The van der Waals surface area contributed by atoms with E-state index in [1.165, 1.54) is 0 Å². The van der Waals surface area contributed by atoms with Crippen LogP contribution in [0.1, 0.15) is 12.0 Å². The number of hydrogen-bond donors (Lipinski definition) is 1. The van der Waals surface area contributed by atoms with E-state index in [0.29, 0.717) is 17.9 Å². The fraction of sp³-hybridized carbons (Fsp3) is 0.125. The van der Waals surface area contributed by atoms with E-state index < -0.39 is 0 Å². The second kappa shape index (κ2) is 7.64. The van der Waals surface area contributed by atoms with Crippen LogP contribution >= 0.6 is 22.6 Å². The molecule has 0 heterocycles. The number of para-hydroxylation sites is 2. The summed E-state index contributed by atoms with van der Waals surface area (Å²) < 4.78 is 6.57. The van der Waals surface area contributed by atoms with Gasteiger partial charge in [0, 0.05) is 0 Å². The molecule has 0 aromatic heterocycles. The van der Waals surface area contributed by atoms with Crippen LogP contribution in [0.5, 0.6) is 5.75 Å². The van der Waals surface area contributed by atoms with E-state index in [1.807, 2.05) is 30.3 Å². The summed E-state index contributed by atoms with van der Waals surface area (Å²) in [5.41, 5.74) is 0.976. The number of carbonyl (C=O) groups excluding carboxylic acids is 1. The fourth-order valence-electron chi connectivity index (χ4n) is 1.72. The van der Waals surface area contributed by atoms with Gasteiger partial charge in [-0.05, 0) is 46.9 Å². The molecule has 0 radical (unpaired) electrons. The van der Waals surface area contributed by atoms with Crippen LogP contribution in [0.2, 0.25) is 0 Å². The maximum absolute atomic E-state index is 11.9. The lowest BCUT2D eigenvalue weighted by Gasteiger charge is -2.09. The molecule has 0 atom stereocenters. The summed E-state index contributed by atoms with van der Waals surface area (Å²) in [5, 5.41) is 11.7. The van der Waals surface area contributed by atoms with Crippen molar-refractivity contribution in [3.63, 3.8) is 0 Å². The van der Waals surface area contributed by atoms with Gasteiger partial charge in [0.05, 0.1) is 27.8 Å². The number of amides is 1. The van der Waals surface area contributed by atoms with E-state index in [-0.39, 0.29) is 12.3 Å². The first-order valence-corrected chi connectivity index (χ1v) is 7.45. The van der Waals surface area contributed by atoms with Crippen molar-refractivity contribution < 1.29 is 9.53 Å². The molecule has 1 amide bonds. The maximum atomic E-state index is 11.9. The number of benzene rings is 2. The Bertz CT molecular complexity index is 680. The Labute approximate surface area is 136 Å². The third kappa shape index (κ3) is 4.46. The van der Waals surface area contributed by atoms with Gasteiger partial charge in [-0.15, -0.1) is 0 Å². The third-order valence-electron chi connectivity index (χ3n) is 2.74. The molecule has 106 valence electrons. The van der Waals surface area contributed by atoms with E-state index in [4.69, 9.17) is 10.00 Å². The van der Waals surface area contributed by atoms with Gasteiger partial charge >= 0.3 is 0 Å². The van der Waals surface area contributed by atoms with Crippen molar-refractivity contribution in [2.45, 2.75) is 6.42 Å². The molecule has 0 bridgehead atoms. The SMILES string of the molecule is N#Cc1ccccc1NC(=O)CCOc1ccccc1I. The van der Waals surface area contributed by atoms with Gasteiger partial charge < -0.3 is 10.1 Å². The Morgan fingerprint density at radius 2 is 1.90 bits per heavy atom. The van der Waals surface area contributed by atoms with Crippen molar-refractivity contribution in [3.8, 4) is 11.8 Å². The molecule has 0 saturated heterocycles. The van der Waals surface area contributed by atoms with Crippen LogP contribution in [0.4, 0.5) is 5.69 Å². The van der Waals surface area contributed by atoms with Crippen molar-refractivity contribution >= 4 is 34.2 Å². The van der Waals surface area contributed by atoms with E-state index in [0.717, 1.165) is 9.32 Å². The van der Waals surface area contributed by atoms with Crippen LogP contribution in [-0.4, -0.2) is 12.5 Å². The predicted octanol–water partition coefficient (Wildman–Crippen LogP) is 3.57. The molecule has 0 aliphatic rings. The minimum absolute atomic E-state index is 0.177. The molecule has 2 rings (SSSR count). The molecule has 0 aliphatic carbocycles. The molecule has 0 unspecified atom stereocenters. The highest BCUT2D eigenvalue weighted by molar-refractivity contribution is 14.1. The predicted molar refractivity (Wildman–Crippen MR) is 89.1 cm³/mol. The largest absolute Gasteiger partial charge is 0.492 e. The van der Waals surface area contributed by atoms with Crippen LogP contribution in [-0.2, 0) is 4.79 Å². The molecular formula is C16H13IN2O2. The van der Waals surface area contributed by atoms with Crippen molar-refractivity contribution in [2.24, 2.45) is 0 Å². The third-order valence-corrected chi connectivity index (χ3v) is 3.64. The number of carbonyl (C=O) groups is 1. The average molecular weight is 392 g/mol. The van der Waals surface area contributed by atoms with Gasteiger partial charge in [-0.2, -0.15) is 5.26 Å². The Hall–Kier alpha value is -2.07. The molecule has 0 fully saturated rings. The van der Waals surface area contributed by atoms with Crippen molar-refractivity contribution in [3.05, 3.63) is 57.7 Å². The summed E-state index contributed by atoms with van der Waals surface area (Å²) in [6.45, 7) is 0.292. The fourth-order valence-corrected chi connectivity index (χ4v) is 2.26. The minimum Gasteiger partial charge on any atom is -0.492 e. The monoisotopic (exact) mass is 392 g/mol.